The summed E-state index contributed by atoms with van der Waals surface area (Å²) >= 11 is 6.94. The molecule has 0 radical (unpaired) electrons. The Morgan fingerprint density at radius 2 is 2.17 bits per heavy atom. The van der Waals surface area contributed by atoms with Gasteiger partial charge in [-0.05, 0) is 24.9 Å². The average Bonchev–Trinajstić information content (AvgIpc) is 2.34. The molecule has 1 aromatic rings. The minimum Gasteiger partial charge on any atom is -0.465 e. The van der Waals surface area contributed by atoms with Crippen LogP contribution in [0.5, 0.6) is 0 Å². The zero-order chi connectivity index (χ0) is 13.4. The van der Waals surface area contributed by atoms with E-state index in [9.17, 15) is 4.79 Å². The first-order chi connectivity index (χ1) is 8.65. The molecule has 18 heavy (non-hydrogen) atoms. The third-order valence-corrected chi connectivity index (χ3v) is 2.74. The predicted octanol–water partition coefficient (Wildman–Crippen LogP) is 2.00. The van der Waals surface area contributed by atoms with Crippen LogP contribution in [0.15, 0.2) is 5.16 Å². The Bertz CT molecular complexity index is 405. The van der Waals surface area contributed by atoms with Gasteiger partial charge < -0.3 is 10.1 Å². The molecule has 0 bridgehead atoms. The van der Waals surface area contributed by atoms with Gasteiger partial charge in [0.2, 0.25) is 11.2 Å². The Morgan fingerprint density at radius 1 is 1.39 bits per heavy atom. The van der Waals surface area contributed by atoms with E-state index in [1.165, 1.54) is 11.8 Å². The Kier molecular flexibility index (Phi) is 6.74. The lowest BCUT2D eigenvalue weighted by Crippen LogP contribution is -2.09. The fourth-order valence-electron chi connectivity index (χ4n) is 1.04. The number of nitrogens with one attached hydrogen (secondary N) is 1. The lowest BCUT2D eigenvalue weighted by Gasteiger charge is -2.05. The van der Waals surface area contributed by atoms with E-state index in [4.69, 9.17) is 16.3 Å². The van der Waals surface area contributed by atoms with E-state index in [0.29, 0.717) is 17.7 Å². The number of thioether (sulfide) groups is 1. The molecule has 6 nitrogen and oxygen atoms in total. The first-order valence-corrected chi connectivity index (χ1v) is 6.96. The van der Waals surface area contributed by atoms with Crippen molar-refractivity contribution in [2.75, 3.05) is 24.2 Å². The highest BCUT2D eigenvalue weighted by Crippen LogP contribution is 2.16. The molecule has 0 amide bonds. The molecule has 0 spiro atoms. The highest BCUT2D eigenvalue weighted by molar-refractivity contribution is 7.99. The van der Waals surface area contributed by atoms with Crippen molar-refractivity contribution in [1.29, 1.82) is 0 Å². The van der Waals surface area contributed by atoms with Crippen molar-refractivity contribution in [3.05, 3.63) is 5.28 Å². The number of rotatable bonds is 7. The quantitative estimate of drug-likeness (QED) is 0.608. The number of anilines is 1. The molecule has 0 aliphatic carbocycles. The van der Waals surface area contributed by atoms with Crippen LogP contribution in [0.1, 0.15) is 20.3 Å². The number of hydrogen-bond acceptors (Lipinski definition) is 7. The molecule has 0 fully saturated rings. The van der Waals surface area contributed by atoms with Crippen molar-refractivity contribution in [2.45, 2.75) is 25.4 Å². The van der Waals surface area contributed by atoms with Crippen LogP contribution in [-0.2, 0) is 9.53 Å². The minimum atomic E-state index is -0.304. The van der Waals surface area contributed by atoms with Gasteiger partial charge in [-0.25, -0.2) is 0 Å². The summed E-state index contributed by atoms with van der Waals surface area (Å²) in [5, 5.41) is 3.52. The molecule has 0 aliphatic rings. The Hall–Kier alpha value is -1.08. The van der Waals surface area contributed by atoms with E-state index >= 15 is 0 Å². The molecular weight excluding hydrogens is 276 g/mol. The molecule has 0 aromatic carbocycles. The van der Waals surface area contributed by atoms with Crippen LogP contribution >= 0.6 is 23.4 Å². The highest BCUT2D eigenvalue weighted by atomic mass is 35.5. The molecular formula is C10H15ClN4O2S. The van der Waals surface area contributed by atoms with Crippen LogP contribution in [0.2, 0.25) is 5.28 Å². The highest BCUT2D eigenvalue weighted by Gasteiger charge is 2.08. The topological polar surface area (TPSA) is 77.0 Å². The van der Waals surface area contributed by atoms with E-state index in [1.807, 2.05) is 6.92 Å². The smallest absolute Gasteiger partial charge is 0.316 e. The standard InChI is InChI=1S/C10H15ClN4O2S/c1-3-5-12-9-13-8(11)14-10(15-9)18-6-7(16)17-4-2/h3-6H2,1-2H3,(H,12,13,14,15). The Balaban J connectivity index is 2.59. The van der Waals surface area contributed by atoms with Crippen molar-refractivity contribution in [1.82, 2.24) is 15.0 Å². The zero-order valence-corrected chi connectivity index (χ0v) is 11.8. The van der Waals surface area contributed by atoms with Gasteiger partial charge in [-0.15, -0.1) is 0 Å². The van der Waals surface area contributed by atoms with Gasteiger partial charge in [-0.1, -0.05) is 18.7 Å². The second kappa shape index (κ2) is 8.10. The lowest BCUT2D eigenvalue weighted by atomic mass is 10.5. The van der Waals surface area contributed by atoms with Crippen molar-refractivity contribution < 1.29 is 9.53 Å². The number of esters is 1. The molecule has 0 atom stereocenters. The van der Waals surface area contributed by atoms with E-state index in [-0.39, 0.29) is 17.0 Å². The van der Waals surface area contributed by atoms with E-state index in [2.05, 4.69) is 20.3 Å². The van der Waals surface area contributed by atoms with Gasteiger partial charge in [0.15, 0.2) is 5.16 Å². The van der Waals surface area contributed by atoms with Crippen molar-refractivity contribution in [2.24, 2.45) is 0 Å². The molecule has 8 heteroatoms. The van der Waals surface area contributed by atoms with Gasteiger partial charge in [-0.3, -0.25) is 4.79 Å². The summed E-state index contributed by atoms with van der Waals surface area (Å²) in [6.45, 7) is 4.91. The second-order valence-corrected chi connectivity index (χ2v) is 4.51. The number of carbonyl (C=O) groups is 1. The molecule has 0 saturated carbocycles. The largest absolute Gasteiger partial charge is 0.465 e. The van der Waals surface area contributed by atoms with Gasteiger partial charge in [0.1, 0.15) is 0 Å². The Morgan fingerprint density at radius 3 is 2.83 bits per heavy atom. The Labute approximate surface area is 115 Å². The number of halogens is 1. The van der Waals surface area contributed by atoms with Crippen LogP contribution in [0.25, 0.3) is 0 Å². The minimum absolute atomic E-state index is 0.106. The van der Waals surface area contributed by atoms with Crippen molar-refractivity contribution in [3.8, 4) is 0 Å². The maximum atomic E-state index is 11.2. The normalized spacial score (nSPS) is 10.2. The van der Waals surface area contributed by atoms with Gasteiger partial charge in [0.05, 0.1) is 12.4 Å². The fraction of sp³-hybridized carbons (Fsp3) is 0.600. The zero-order valence-electron chi connectivity index (χ0n) is 10.3. The van der Waals surface area contributed by atoms with Crippen molar-refractivity contribution >= 4 is 35.3 Å². The van der Waals surface area contributed by atoms with Crippen LogP contribution in [0, 0.1) is 0 Å². The molecule has 1 rings (SSSR count). The number of hydrogen-bond donors (Lipinski definition) is 1. The third-order valence-electron chi connectivity index (χ3n) is 1.75. The number of ether oxygens (including phenoxy) is 1. The number of nitrogens with zero attached hydrogens (tertiary/aromatic N) is 3. The maximum Gasteiger partial charge on any atom is 0.316 e. The van der Waals surface area contributed by atoms with E-state index in [1.54, 1.807) is 6.92 Å². The summed E-state index contributed by atoms with van der Waals surface area (Å²) in [5.41, 5.74) is 0. The average molecular weight is 291 g/mol. The first kappa shape index (κ1) is 15.0. The van der Waals surface area contributed by atoms with Gasteiger partial charge in [0, 0.05) is 6.54 Å². The SMILES string of the molecule is CCCNc1nc(Cl)nc(SCC(=O)OCC)n1. The molecule has 1 heterocycles. The van der Waals surface area contributed by atoms with Gasteiger partial charge in [-0.2, -0.15) is 15.0 Å². The summed E-state index contributed by atoms with van der Waals surface area (Å²) in [6, 6.07) is 0. The predicted molar refractivity (Wildman–Crippen MR) is 71.0 cm³/mol. The van der Waals surface area contributed by atoms with Crippen molar-refractivity contribution in [3.63, 3.8) is 0 Å². The first-order valence-electron chi connectivity index (χ1n) is 5.59. The summed E-state index contributed by atoms with van der Waals surface area (Å²) in [7, 11) is 0. The summed E-state index contributed by atoms with van der Waals surface area (Å²) in [5.74, 6) is 0.270. The fourth-order valence-corrected chi connectivity index (χ4v) is 1.88. The van der Waals surface area contributed by atoms with Gasteiger partial charge in [0.25, 0.3) is 0 Å². The second-order valence-electron chi connectivity index (χ2n) is 3.23. The molecule has 1 aromatic heterocycles. The molecule has 0 saturated heterocycles. The van der Waals surface area contributed by atoms with Crippen LogP contribution in [0.3, 0.4) is 0 Å². The summed E-state index contributed by atoms with van der Waals surface area (Å²) in [6.07, 6.45) is 0.953. The number of carbonyl (C=O) groups excluding carboxylic acids is 1. The van der Waals surface area contributed by atoms with Crippen LogP contribution in [0.4, 0.5) is 5.95 Å². The molecule has 100 valence electrons. The monoisotopic (exact) mass is 290 g/mol. The molecule has 1 N–H and O–H groups in total. The molecule has 0 unspecified atom stereocenters. The van der Waals surface area contributed by atoms with Crippen LogP contribution in [-0.4, -0.2) is 39.8 Å². The van der Waals surface area contributed by atoms with E-state index < -0.39 is 0 Å². The van der Waals surface area contributed by atoms with Crippen LogP contribution < -0.4 is 5.32 Å². The molecule has 0 aliphatic heterocycles. The summed E-state index contributed by atoms with van der Waals surface area (Å²) in [4.78, 5) is 23.2. The maximum absolute atomic E-state index is 11.2. The number of aromatic nitrogens is 3. The third kappa shape index (κ3) is 5.50. The lowest BCUT2D eigenvalue weighted by molar-refractivity contribution is -0.139. The van der Waals surface area contributed by atoms with E-state index in [0.717, 1.165) is 13.0 Å². The van der Waals surface area contributed by atoms with Gasteiger partial charge >= 0.3 is 5.97 Å². The summed E-state index contributed by atoms with van der Waals surface area (Å²) < 4.78 is 4.81.